The van der Waals surface area contributed by atoms with Crippen molar-refractivity contribution in [2.45, 2.75) is 57.7 Å². The van der Waals surface area contributed by atoms with E-state index in [1.807, 2.05) is 0 Å². The second-order valence-corrected chi connectivity index (χ2v) is 3.61. The highest BCUT2D eigenvalue weighted by Crippen LogP contribution is 2.20. The number of alkyl halides is 1. The average Bonchev–Trinajstić information content (AvgIpc) is 2.05. The molecule has 72 valence electrons. The molecule has 0 aromatic carbocycles. The molecule has 1 fully saturated rings. The first kappa shape index (κ1) is 9.97. The van der Waals surface area contributed by atoms with Crippen molar-refractivity contribution >= 4 is 0 Å². The molecule has 12 heavy (non-hydrogen) atoms. The Balaban J connectivity index is 2.06. The van der Waals surface area contributed by atoms with Gasteiger partial charge < -0.3 is 4.74 Å². The van der Waals surface area contributed by atoms with Crippen molar-refractivity contribution in [2.75, 3.05) is 6.61 Å². The van der Waals surface area contributed by atoms with E-state index in [1.165, 1.54) is 19.3 Å². The zero-order valence-electron chi connectivity index (χ0n) is 7.89. The van der Waals surface area contributed by atoms with Crippen molar-refractivity contribution in [3.63, 3.8) is 0 Å². The summed E-state index contributed by atoms with van der Waals surface area (Å²) in [7, 11) is 0. The molecule has 0 aliphatic carbocycles. The molecular formula is C10H19FO. The SMILES string of the molecule is CCCCC[C@@H]1C[C@H](F)CCO1. The van der Waals surface area contributed by atoms with Crippen molar-refractivity contribution in [2.24, 2.45) is 0 Å². The Hall–Kier alpha value is -0.110. The minimum atomic E-state index is -0.606. The Morgan fingerprint density at radius 1 is 1.42 bits per heavy atom. The molecule has 1 saturated heterocycles. The first-order chi connectivity index (χ1) is 5.83. The van der Waals surface area contributed by atoms with E-state index in [2.05, 4.69) is 6.92 Å². The Bertz CT molecular complexity index is 116. The summed E-state index contributed by atoms with van der Waals surface area (Å²) in [5.74, 6) is 0. The molecular weight excluding hydrogens is 155 g/mol. The lowest BCUT2D eigenvalue weighted by atomic mass is 10.0. The van der Waals surface area contributed by atoms with Crippen LogP contribution in [0.15, 0.2) is 0 Å². The number of halogens is 1. The molecule has 0 radical (unpaired) electrons. The van der Waals surface area contributed by atoms with Gasteiger partial charge in [-0.1, -0.05) is 26.2 Å². The zero-order chi connectivity index (χ0) is 8.81. The summed E-state index contributed by atoms with van der Waals surface area (Å²) in [6.07, 6.45) is 5.55. The number of hydrogen-bond acceptors (Lipinski definition) is 1. The average molecular weight is 174 g/mol. The molecule has 0 saturated carbocycles. The quantitative estimate of drug-likeness (QED) is 0.595. The summed E-state index contributed by atoms with van der Waals surface area (Å²) < 4.78 is 18.3. The van der Waals surface area contributed by atoms with Crippen molar-refractivity contribution in [3.8, 4) is 0 Å². The maximum absolute atomic E-state index is 12.9. The first-order valence-electron chi connectivity index (χ1n) is 5.08. The lowest BCUT2D eigenvalue weighted by molar-refractivity contribution is -0.0227. The van der Waals surface area contributed by atoms with Gasteiger partial charge in [-0.15, -0.1) is 0 Å². The van der Waals surface area contributed by atoms with Crippen LogP contribution in [0.1, 0.15) is 45.4 Å². The lowest BCUT2D eigenvalue weighted by Crippen LogP contribution is -2.26. The molecule has 1 nitrogen and oxygen atoms in total. The summed E-state index contributed by atoms with van der Waals surface area (Å²) in [6, 6.07) is 0. The van der Waals surface area contributed by atoms with E-state index in [4.69, 9.17) is 4.74 Å². The third kappa shape index (κ3) is 3.53. The van der Waals surface area contributed by atoms with Crippen LogP contribution in [-0.4, -0.2) is 18.9 Å². The fraction of sp³-hybridized carbons (Fsp3) is 1.00. The van der Waals surface area contributed by atoms with E-state index in [9.17, 15) is 4.39 Å². The number of unbranched alkanes of at least 4 members (excludes halogenated alkanes) is 2. The molecule has 0 aromatic rings. The third-order valence-corrected chi connectivity index (χ3v) is 2.43. The molecule has 1 heterocycles. The molecule has 0 aromatic heterocycles. The van der Waals surface area contributed by atoms with E-state index in [0.29, 0.717) is 19.4 Å². The molecule has 2 atom stereocenters. The second kappa shape index (κ2) is 5.52. The van der Waals surface area contributed by atoms with Gasteiger partial charge in [-0.3, -0.25) is 0 Å². The maximum atomic E-state index is 12.9. The monoisotopic (exact) mass is 174 g/mol. The van der Waals surface area contributed by atoms with E-state index < -0.39 is 6.17 Å². The van der Waals surface area contributed by atoms with Crippen molar-refractivity contribution in [1.29, 1.82) is 0 Å². The van der Waals surface area contributed by atoms with E-state index >= 15 is 0 Å². The maximum Gasteiger partial charge on any atom is 0.105 e. The molecule has 1 rings (SSSR count). The van der Waals surface area contributed by atoms with Crippen LogP contribution in [0.4, 0.5) is 4.39 Å². The normalized spacial score (nSPS) is 30.5. The van der Waals surface area contributed by atoms with Crippen LogP contribution in [0, 0.1) is 0 Å². The van der Waals surface area contributed by atoms with Crippen LogP contribution < -0.4 is 0 Å². The molecule has 1 aliphatic rings. The molecule has 2 heteroatoms. The Labute approximate surface area is 74.3 Å². The minimum Gasteiger partial charge on any atom is -0.378 e. The molecule has 0 unspecified atom stereocenters. The Morgan fingerprint density at radius 3 is 2.92 bits per heavy atom. The Kier molecular flexibility index (Phi) is 4.59. The smallest absolute Gasteiger partial charge is 0.105 e. The third-order valence-electron chi connectivity index (χ3n) is 2.43. The summed E-state index contributed by atoms with van der Waals surface area (Å²) in [6.45, 7) is 2.80. The summed E-state index contributed by atoms with van der Waals surface area (Å²) in [4.78, 5) is 0. The topological polar surface area (TPSA) is 9.23 Å². The van der Waals surface area contributed by atoms with Crippen molar-refractivity contribution in [3.05, 3.63) is 0 Å². The van der Waals surface area contributed by atoms with Gasteiger partial charge in [0.2, 0.25) is 0 Å². The van der Waals surface area contributed by atoms with E-state index in [0.717, 1.165) is 6.42 Å². The van der Waals surface area contributed by atoms with Crippen molar-refractivity contribution < 1.29 is 9.13 Å². The highest BCUT2D eigenvalue weighted by atomic mass is 19.1. The standard InChI is InChI=1S/C10H19FO/c1-2-3-4-5-10-8-9(11)6-7-12-10/h9-10H,2-8H2,1H3/t9-,10-/m1/s1. The minimum absolute atomic E-state index is 0.209. The van der Waals surface area contributed by atoms with Crippen LogP contribution in [-0.2, 0) is 4.74 Å². The van der Waals surface area contributed by atoms with Gasteiger partial charge >= 0.3 is 0 Å². The molecule has 1 aliphatic heterocycles. The summed E-state index contributed by atoms with van der Waals surface area (Å²) >= 11 is 0. The van der Waals surface area contributed by atoms with Gasteiger partial charge in [0.25, 0.3) is 0 Å². The fourth-order valence-electron chi connectivity index (χ4n) is 1.66. The first-order valence-corrected chi connectivity index (χ1v) is 5.08. The molecule has 0 spiro atoms. The van der Waals surface area contributed by atoms with Gasteiger partial charge in [-0.25, -0.2) is 4.39 Å². The predicted molar refractivity (Wildman–Crippen MR) is 48.0 cm³/mol. The van der Waals surface area contributed by atoms with Crippen LogP contribution in [0.3, 0.4) is 0 Å². The van der Waals surface area contributed by atoms with Crippen LogP contribution >= 0.6 is 0 Å². The van der Waals surface area contributed by atoms with Crippen molar-refractivity contribution in [1.82, 2.24) is 0 Å². The highest BCUT2D eigenvalue weighted by Gasteiger charge is 2.21. The largest absolute Gasteiger partial charge is 0.378 e. The van der Waals surface area contributed by atoms with Gasteiger partial charge in [-0.05, 0) is 6.42 Å². The Morgan fingerprint density at radius 2 is 2.25 bits per heavy atom. The van der Waals surface area contributed by atoms with Crippen LogP contribution in [0.2, 0.25) is 0 Å². The zero-order valence-corrected chi connectivity index (χ0v) is 7.89. The number of rotatable bonds is 4. The van der Waals surface area contributed by atoms with Gasteiger partial charge in [-0.2, -0.15) is 0 Å². The number of hydrogen-bond donors (Lipinski definition) is 0. The summed E-state index contributed by atoms with van der Waals surface area (Å²) in [5, 5.41) is 0. The second-order valence-electron chi connectivity index (χ2n) is 3.61. The van der Waals surface area contributed by atoms with Gasteiger partial charge in [0, 0.05) is 19.4 Å². The fourth-order valence-corrected chi connectivity index (χ4v) is 1.66. The van der Waals surface area contributed by atoms with E-state index in [1.54, 1.807) is 0 Å². The molecule has 0 bridgehead atoms. The van der Waals surface area contributed by atoms with Crippen LogP contribution in [0.25, 0.3) is 0 Å². The van der Waals surface area contributed by atoms with Gasteiger partial charge in [0.05, 0.1) is 6.10 Å². The predicted octanol–water partition coefficient (Wildman–Crippen LogP) is 3.08. The summed E-state index contributed by atoms with van der Waals surface area (Å²) in [5.41, 5.74) is 0. The van der Waals surface area contributed by atoms with Gasteiger partial charge in [0.15, 0.2) is 0 Å². The highest BCUT2D eigenvalue weighted by molar-refractivity contribution is 4.70. The number of ether oxygens (including phenoxy) is 1. The van der Waals surface area contributed by atoms with E-state index in [-0.39, 0.29) is 6.10 Å². The molecule has 0 amide bonds. The van der Waals surface area contributed by atoms with Crippen LogP contribution in [0.5, 0.6) is 0 Å². The van der Waals surface area contributed by atoms with Gasteiger partial charge in [0.1, 0.15) is 6.17 Å². The molecule has 0 N–H and O–H groups in total. The lowest BCUT2D eigenvalue weighted by Gasteiger charge is -2.25.